The van der Waals surface area contributed by atoms with Crippen molar-refractivity contribution in [2.45, 2.75) is 4.90 Å². The summed E-state index contributed by atoms with van der Waals surface area (Å²) in [5.41, 5.74) is 5.35. The van der Waals surface area contributed by atoms with E-state index >= 15 is 0 Å². The Hall–Kier alpha value is -1.96. The molecule has 2 rings (SSSR count). The molecule has 8 heteroatoms. The van der Waals surface area contributed by atoms with E-state index in [0.717, 1.165) is 12.3 Å². The zero-order valence-corrected chi connectivity index (χ0v) is 10.1. The van der Waals surface area contributed by atoms with Gasteiger partial charge >= 0.3 is 0 Å². The molecule has 1 aromatic heterocycles. The van der Waals surface area contributed by atoms with Crippen LogP contribution in [0.2, 0.25) is 0 Å². The Labute approximate surface area is 102 Å². The molecule has 0 aliphatic rings. The molecule has 0 atom stereocenters. The molecule has 18 heavy (non-hydrogen) atoms. The molecule has 3 N–H and O–H groups in total. The summed E-state index contributed by atoms with van der Waals surface area (Å²) < 4.78 is 49.7. The standard InChI is InChI=1S/C10H9F2N3O2S/c1-18(16,17)5-2-6(9(12)8(11)3-5)7-4-14-15-10(7)13/h2-4H,1H3,(H3,13,14,15). The number of nitrogens with one attached hydrogen (secondary N) is 1. The number of hydrogen-bond acceptors (Lipinski definition) is 4. The SMILES string of the molecule is CS(=O)(=O)c1cc(F)c(F)c(-c2cn[nH]c2N)c1. The van der Waals surface area contributed by atoms with E-state index < -0.39 is 21.5 Å². The minimum atomic E-state index is -3.65. The fraction of sp³-hybridized carbons (Fsp3) is 0.100. The van der Waals surface area contributed by atoms with Crippen molar-refractivity contribution in [3.63, 3.8) is 0 Å². The first-order valence-corrected chi connectivity index (χ1v) is 6.68. The van der Waals surface area contributed by atoms with E-state index in [-0.39, 0.29) is 21.8 Å². The van der Waals surface area contributed by atoms with Crippen molar-refractivity contribution in [1.82, 2.24) is 10.2 Å². The number of hydrogen-bond donors (Lipinski definition) is 2. The number of anilines is 1. The van der Waals surface area contributed by atoms with E-state index in [1.54, 1.807) is 0 Å². The van der Waals surface area contributed by atoms with Crippen LogP contribution in [-0.2, 0) is 9.84 Å². The van der Waals surface area contributed by atoms with Gasteiger partial charge in [0.1, 0.15) is 5.82 Å². The Kier molecular flexibility index (Phi) is 2.81. The lowest BCUT2D eigenvalue weighted by Crippen LogP contribution is -2.01. The predicted molar refractivity (Wildman–Crippen MR) is 61.5 cm³/mol. The molecule has 1 aromatic carbocycles. The predicted octanol–water partition coefficient (Wildman–Crippen LogP) is 1.34. The fourth-order valence-corrected chi connectivity index (χ4v) is 2.13. The van der Waals surface area contributed by atoms with Gasteiger partial charge in [0.2, 0.25) is 0 Å². The van der Waals surface area contributed by atoms with Gasteiger partial charge in [0.05, 0.1) is 11.1 Å². The summed E-state index contributed by atoms with van der Waals surface area (Å²) in [5, 5.41) is 5.93. The van der Waals surface area contributed by atoms with Crippen LogP contribution in [0.25, 0.3) is 11.1 Å². The molecule has 2 aromatic rings. The third kappa shape index (κ3) is 2.06. The molecular formula is C10H9F2N3O2S. The highest BCUT2D eigenvalue weighted by atomic mass is 32.2. The molecule has 0 amide bonds. The first-order chi connectivity index (χ1) is 8.30. The van der Waals surface area contributed by atoms with Gasteiger partial charge in [0.15, 0.2) is 21.5 Å². The van der Waals surface area contributed by atoms with Crippen molar-refractivity contribution in [3.05, 3.63) is 30.0 Å². The van der Waals surface area contributed by atoms with Crippen LogP contribution in [0.4, 0.5) is 14.6 Å². The highest BCUT2D eigenvalue weighted by Gasteiger charge is 2.19. The molecule has 96 valence electrons. The average Bonchev–Trinajstić information content (AvgIpc) is 2.67. The number of aromatic nitrogens is 2. The number of sulfone groups is 1. The van der Waals surface area contributed by atoms with Gasteiger partial charge in [-0.3, -0.25) is 5.10 Å². The van der Waals surface area contributed by atoms with Gasteiger partial charge in [-0.15, -0.1) is 0 Å². The fourth-order valence-electron chi connectivity index (χ4n) is 1.49. The van der Waals surface area contributed by atoms with Gasteiger partial charge in [-0.1, -0.05) is 0 Å². The van der Waals surface area contributed by atoms with Crippen LogP contribution in [0.15, 0.2) is 23.2 Å². The van der Waals surface area contributed by atoms with Gasteiger partial charge in [-0.25, -0.2) is 17.2 Å². The normalized spacial score (nSPS) is 11.7. The highest BCUT2D eigenvalue weighted by molar-refractivity contribution is 7.90. The number of aromatic amines is 1. The number of halogens is 2. The topological polar surface area (TPSA) is 88.8 Å². The summed E-state index contributed by atoms with van der Waals surface area (Å²) in [6, 6.07) is 1.65. The van der Waals surface area contributed by atoms with Crippen molar-refractivity contribution in [3.8, 4) is 11.1 Å². The van der Waals surface area contributed by atoms with E-state index in [9.17, 15) is 17.2 Å². The average molecular weight is 273 g/mol. The molecule has 0 bridgehead atoms. The lowest BCUT2D eigenvalue weighted by atomic mass is 10.1. The summed E-state index contributed by atoms with van der Waals surface area (Å²) in [5.74, 6) is -2.40. The van der Waals surface area contributed by atoms with Crippen LogP contribution >= 0.6 is 0 Å². The van der Waals surface area contributed by atoms with Gasteiger partial charge in [-0.05, 0) is 12.1 Å². The Morgan fingerprint density at radius 3 is 2.44 bits per heavy atom. The summed E-state index contributed by atoms with van der Waals surface area (Å²) in [6.45, 7) is 0. The maximum Gasteiger partial charge on any atom is 0.175 e. The molecule has 0 spiro atoms. The van der Waals surface area contributed by atoms with E-state index in [4.69, 9.17) is 5.73 Å². The molecule has 0 saturated carbocycles. The third-order valence-corrected chi connectivity index (χ3v) is 3.48. The van der Waals surface area contributed by atoms with Crippen LogP contribution in [0.5, 0.6) is 0 Å². The minimum absolute atomic E-state index is 0.0268. The second kappa shape index (κ2) is 4.05. The van der Waals surface area contributed by atoms with Gasteiger partial charge in [0, 0.05) is 17.4 Å². The lowest BCUT2D eigenvalue weighted by Gasteiger charge is -2.06. The molecule has 1 heterocycles. The minimum Gasteiger partial charge on any atom is -0.384 e. The summed E-state index contributed by atoms with van der Waals surface area (Å²) >= 11 is 0. The molecule has 0 aliphatic carbocycles. The van der Waals surface area contributed by atoms with E-state index in [1.807, 2.05) is 0 Å². The van der Waals surface area contributed by atoms with Crippen molar-refractivity contribution in [2.75, 3.05) is 12.0 Å². The smallest absolute Gasteiger partial charge is 0.175 e. The van der Waals surface area contributed by atoms with Gasteiger partial charge < -0.3 is 5.73 Å². The number of H-pyrrole nitrogens is 1. The summed E-state index contributed by atoms with van der Waals surface area (Å²) in [7, 11) is -3.65. The summed E-state index contributed by atoms with van der Waals surface area (Å²) in [6.07, 6.45) is 2.10. The number of rotatable bonds is 2. The lowest BCUT2D eigenvalue weighted by molar-refractivity contribution is 0.507. The number of nitrogens with two attached hydrogens (primary N) is 1. The Balaban J connectivity index is 2.76. The van der Waals surface area contributed by atoms with Crippen molar-refractivity contribution in [1.29, 1.82) is 0 Å². The van der Waals surface area contributed by atoms with Crippen LogP contribution in [0.3, 0.4) is 0 Å². The van der Waals surface area contributed by atoms with E-state index in [2.05, 4.69) is 10.2 Å². The van der Waals surface area contributed by atoms with E-state index in [1.165, 1.54) is 6.20 Å². The maximum absolute atomic E-state index is 13.6. The molecule has 0 aliphatic heterocycles. The number of nitrogens with zero attached hydrogens (tertiary/aromatic N) is 1. The molecular weight excluding hydrogens is 264 g/mol. The first kappa shape index (κ1) is 12.5. The zero-order chi connectivity index (χ0) is 13.5. The van der Waals surface area contributed by atoms with Gasteiger partial charge in [0.25, 0.3) is 0 Å². The number of nitrogen functional groups attached to an aromatic ring is 1. The maximum atomic E-state index is 13.6. The first-order valence-electron chi connectivity index (χ1n) is 4.79. The van der Waals surface area contributed by atoms with Crippen LogP contribution in [-0.4, -0.2) is 24.9 Å². The molecule has 0 unspecified atom stereocenters. The van der Waals surface area contributed by atoms with Crippen LogP contribution in [0.1, 0.15) is 0 Å². The molecule has 0 fully saturated rings. The van der Waals surface area contributed by atoms with E-state index in [0.29, 0.717) is 6.07 Å². The number of benzene rings is 1. The summed E-state index contributed by atoms with van der Waals surface area (Å²) in [4.78, 5) is -0.322. The van der Waals surface area contributed by atoms with Crippen molar-refractivity contribution < 1.29 is 17.2 Å². The monoisotopic (exact) mass is 273 g/mol. The Morgan fingerprint density at radius 1 is 1.28 bits per heavy atom. The van der Waals surface area contributed by atoms with Gasteiger partial charge in [-0.2, -0.15) is 5.10 Å². The third-order valence-electron chi connectivity index (χ3n) is 2.39. The zero-order valence-electron chi connectivity index (χ0n) is 9.24. The second-order valence-electron chi connectivity index (χ2n) is 3.74. The molecule has 5 nitrogen and oxygen atoms in total. The Morgan fingerprint density at radius 2 is 1.94 bits per heavy atom. The van der Waals surface area contributed by atoms with Crippen LogP contribution in [0, 0.1) is 11.6 Å². The quantitative estimate of drug-likeness (QED) is 0.808. The largest absolute Gasteiger partial charge is 0.384 e. The van der Waals surface area contributed by atoms with Crippen molar-refractivity contribution >= 4 is 15.7 Å². The molecule has 0 radical (unpaired) electrons. The van der Waals surface area contributed by atoms with Crippen molar-refractivity contribution in [2.24, 2.45) is 0 Å². The van der Waals surface area contributed by atoms with Crippen LogP contribution < -0.4 is 5.73 Å². The highest BCUT2D eigenvalue weighted by Crippen LogP contribution is 2.30. The molecule has 0 saturated heterocycles. The second-order valence-corrected chi connectivity index (χ2v) is 5.75. The Bertz CT molecular complexity index is 710.